The lowest BCUT2D eigenvalue weighted by atomic mass is 10.2. The van der Waals surface area contributed by atoms with Gasteiger partial charge in [0.05, 0.1) is 142 Å². The maximum absolute atomic E-state index is 4.69. The molecule has 16 aliphatic rings. The van der Waals surface area contributed by atoms with Gasteiger partial charge >= 0.3 is 0 Å². The van der Waals surface area contributed by atoms with E-state index in [0.717, 1.165) is 193 Å². The maximum Gasteiger partial charge on any atom is 0.0979 e. The van der Waals surface area contributed by atoms with Crippen LogP contribution >= 0.6 is 0 Å². The molecular formula is C93H81N25. The van der Waals surface area contributed by atoms with Crippen LogP contribution in [0.2, 0.25) is 0 Å². The summed E-state index contributed by atoms with van der Waals surface area (Å²) in [5.41, 5.74) is 22.9. The van der Waals surface area contributed by atoms with Gasteiger partial charge in [-0.2, -0.15) is 0 Å². The Bertz CT molecular complexity index is 6730. The summed E-state index contributed by atoms with van der Waals surface area (Å²) in [7, 11) is 0. The average Bonchev–Trinajstić information content (AvgIpc) is 1.69. The summed E-state index contributed by atoms with van der Waals surface area (Å²) in [6, 6.07) is 38.2. The molecule has 25 heterocycles. The van der Waals surface area contributed by atoms with Crippen LogP contribution in [0.3, 0.4) is 0 Å². The number of allylic oxidation sites excluding steroid dienone is 14. The molecule has 40 bridgehead atoms. The van der Waals surface area contributed by atoms with Crippen LogP contribution in [0.1, 0.15) is 56.9 Å². The predicted octanol–water partition coefficient (Wildman–Crippen LogP) is 7.93. The summed E-state index contributed by atoms with van der Waals surface area (Å²) >= 11 is 0. The Kier molecular flexibility index (Phi) is 18.1. The summed E-state index contributed by atoms with van der Waals surface area (Å²) in [4.78, 5) is 80.7. The van der Waals surface area contributed by atoms with Crippen molar-refractivity contribution in [3.63, 3.8) is 0 Å². The van der Waals surface area contributed by atoms with Gasteiger partial charge in [-0.05, 0) is 219 Å². The molecule has 0 radical (unpaired) electrons. The Morgan fingerprint density at radius 1 is 0.212 bits per heavy atom. The third kappa shape index (κ3) is 16.5. The first-order chi connectivity index (χ1) is 58.0. The molecule has 0 spiro atoms. The Morgan fingerprint density at radius 3 is 0.983 bits per heavy atom. The number of aliphatic imine (C=N–C) groups is 6. The second-order valence-corrected chi connectivity index (χ2v) is 30.4. The predicted molar refractivity (Wildman–Crippen MR) is 466 cm³/mol. The van der Waals surface area contributed by atoms with Gasteiger partial charge in [0.25, 0.3) is 0 Å². The fourth-order valence-corrected chi connectivity index (χ4v) is 15.5. The lowest BCUT2D eigenvalue weighted by Crippen LogP contribution is -2.25. The summed E-state index contributed by atoms with van der Waals surface area (Å²) in [5.74, 6) is 0. The summed E-state index contributed by atoms with van der Waals surface area (Å²) in [6.45, 7) is 5.88. The van der Waals surface area contributed by atoms with Crippen molar-refractivity contribution in [1.82, 2.24) is 93.9 Å². The van der Waals surface area contributed by atoms with Crippen LogP contribution in [0.15, 0.2) is 345 Å². The van der Waals surface area contributed by atoms with E-state index >= 15 is 0 Å². The second-order valence-electron chi connectivity index (χ2n) is 30.4. The zero-order valence-electron chi connectivity index (χ0n) is 64.2. The highest BCUT2D eigenvalue weighted by Gasteiger charge is 2.22. The minimum absolute atomic E-state index is 0.756. The molecule has 25 heteroatoms. The Morgan fingerprint density at radius 2 is 0.525 bits per heavy atom. The van der Waals surface area contributed by atoms with Crippen LogP contribution in [0.5, 0.6) is 0 Å². The van der Waals surface area contributed by atoms with Crippen LogP contribution in [0, 0.1) is 0 Å². The first kappa shape index (κ1) is 70.0. The third-order valence-corrected chi connectivity index (χ3v) is 21.1. The highest BCUT2D eigenvalue weighted by Crippen LogP contribution is 2.26. The smallest absolute Gasteiger partial charge is 0.0979 e. The number of aromatic amines is 9. The van der Waals surface area contributed by atoms with E-state index in [1.807, 2.05) is 128 Å². The molecule has 0 atom stereocenters. The maximum atomic E-state index is 4.69. The quantitative estimate of drug-likeness (QED) is 0.0709. The Labute approximate surface area is 677 Å². The Balaban J connectivity index is 0.0000000917. The lowest BCUT2D eigenvalue weighted by molar-refractivity contribution is 0.251. The number of H-pyrrole nitrogens is 9. The molecule has 0 aromatic carbocycles. The van der Waals surface area contributed by atoms with E-state index in [1.54, 1.807) is 0 Å². The first-order valence-electron chi connectivity index (χ1n) is 39.3. The largest absolute Gasteiger partial charge is 0.362 e. The first-order valence-corrected chi connectivity index (χ1v) is 39.3. The standard InChI is InChI=1S/C19H21N5.C19H17N5.C19H15N5.C18H15N5.C18H13N5/c3*1-2-15-10-17-4-6-19(22-17)12-24-8-7-23(13-24)11-18-5-3-16(21-18)9-14(1)20-15;2*1-2-15-10-22-7-8-23(12-22)11-16-4-6-18(21-16)17-5-3-14(20-17)9-13(1)19-15/h1-8,20-22H,9-13H2;1-12,20-22H,13H2;1-12,21H,13H2;1-11,19-20H,12H2;1-11H,12H2/b;;;13-9-,15-10?,16-11-;. The van der Waals surface area contributed by atoms with Gasteiger partial charge in [-0.3, -0.25) is 0 Å². The lowest BCUT2D eigenvalue weighted by Gasteiger charge is -2.20. The molecule has 9 aromatic heterocycles. The molecule has 0 fully saturated rings. The van der Waals surface area contributed by atoms with Crippen molar-refractivity contribution < 1.29 is 0 Å². The van der Waals surface area contributed by atoms with Crippen molar-refractivity contribution in [3.05, 3.63) is 415 Å². The minimum Gasteiger partial charge on any atom is -0.362 e. The van der Waals surface area contributed by atoms with Crippen LogP contribution in [-0.2, 0) is 25.9 Å². The van der Waals surface area contributed by atoms with E-state index in [9.17, 15) is 0 Å². The number of hydrogen-bond donors (Lipinski definition) is 9. The molecule has 0 saturated carbocycles. The van der Waals surface area contributed by atoms with Gasteiger partial charge in [0.1, 0.15) is 0 Å². The molecule has 25 rings (SSSR count). The second kappa shape index (κ2) is 30.5. The third-order valence-electron chi connectivity index (χ3n) is 21.1. The van der Waals surface area contributed by atoms with Crippen molar-refractivity contribution >= 4 is 83.4 Å². The van der Waals surface area contributed by atoms with E-state index < -0.39 is 0 Å². The molecule has 578 valence electrons. The van der Waals surface area contributed by atoms with Crippen molar-refractivity contribution in [1.29, 1.82) is 0 Å². The van der Waals surface area contributed by atoms with Crippen LogP contribution in [0.25, 0.3) is 49.1 Å². The van der Waals surface area contributed by atoms with Crippen molar-refractivity contribution in [2.75, 3.05) is 33.3 Å². The van der Waals surface area contributed by atoms with Gasteiger partial charge in [0.2, 0.25) is 0 Å². The van der Waals surface area contributed by atoms with E-state index in [1.165, 1.54) is 34.2 Å². The van der Waals surface area contributed by atoms with Gasteiger partial charge in [0, 0.05) is 197 Å². The van der Waals surface area contributed by atoms with Crippen LogP contribution in [-0.4, -0.2) is 161 Å². The minimum atomic E-state index is 0.756. The van der Waals surface area contributed by atoms with Crippen LogP contribution < -0.4 is 42.8 Å². The Hall–Kier alpha value is -15.9. The van der Waals surface area contributed by atoms with Gasteiger partial charge in [-0.1, -0.05) is 0 Å². The number of nitrogens with zero attached hydrogens (tertiary/aromatic N) is 16. The van der Waals surface area contributed by atoms with Gasteiger partial charge in [-0.25, -0.2) is 30.0 Å². The average molecular weight is 1550 g/mol. The number of hydrogen-bond acceptors (Lipinski definition) is 16. The molecule has 25 nitrogen and oxygen atoms in total. The van der Waals surface area contributed by atoms with Gasteiger partial charge in [-0.15, -0.1) is 0 Å². The SMILES string of the molecule is C1=C/C2=C/N3C=CN(C=c4cc/c([nH]4)=C/c4ccc([nH]4)C1=N2)C3.C1=CC2=NC1=CN1C=CN(C=C3C=CC(=N3)C3=NC(=C2)C=C3)C1.C1=CC2=NC1=CN1C=CN(C=c3ccc([nH]3)=CC3=NC(=C2)C=C3)C1.C1=CN2C=c3ccc([nH]3)=Cc3ccc([nH]3)C=c3ccc([nH]3)=CN1C2.C1=CN2Cc3ccc([nH]3)Cc3ccc([nH]3)Cc3ccc([nH]3)CN1C2. The molecule has 9 N–H and O–H groups in total. The van der Waals surface area contributed by atoms with Crippen molar-refractivity contribution in [3.8, 4) is 0 Å². The van der Waals surface area contributed by atoms with E-state index in [0.29, 0.717) is 0 Å². The molecular weight excluding hydrogens is 1470 g/mol. The molecule has 16 aliphatic heterocycles. The molecule has 0 unspecified atom stereocenters. The van der Waals surface area contributed by atoms with Crippen molar-refractivity contribution in [2.24, 2.45) is 30.0 Å². The molecule has 0 amide bonds. The van der Waals surface area contributed by atoms with Gasteiger partial charge in [0.15, 0.2) is 0 Å². The fraction of sp³-hybridized carbons (Fsp3) is 0.0968. The number of aromatic nitrogens is 9. The molecule has 9 aromatic rings. The zero-order valence-corrected chi connectivity index (χ0v) is 64.2. The van der Waals surface area contributed by atoms with Crippen molar-refractivity contribution in [2.45, 2.75) is 25.9 Å². The number of nitrogens with one attached hydrogen (secondary N) is 9. The summed E-state index contributed by atoms with van der Waals surface area (Å²) in [5, 5.41) is 8.58. The van der Waals surface area contributed by atoms with E-state index in [4.69, 9.17) is 0 Å². The molecule has 0 aliphatic carbocycles. The summed E-state index contributed by atoms with van der Waals surface area (Å²) < 4.78 is 0. The van der Waals surface area contributed by atoms with Crippen LogP contribution in [0.4, 0.5) is 0 Å². The highest BCUT2D eigenvalue weighted by molar-refractivity contribution is 6.52. The van der Waals surface area contributed by atoms with E-state index in [2.05, 4.69) is 326 Å². The van der Waals surface area contributed by atoms with E-state index in [-0.39, 0.29) is 0 Å². The number of fused-ring (bicyclic) bond motifs is 36. The molecule has 118 heavy (non-hydrogen) atoms. The monoisotopic (exact) mass is 1550 g/mol. The topological polar surface area (TPSA) is 249 Å². The molecule has 0 saturated heterocycles. The fourth-order valence-electron chi connectivity index (χ4n) is 15.5. The summed E-state index contributed by atoms with van der Waals surface area (Å²) in [6.07, 6.45) is 75.8. The normalized spacial score (nSPS) is 19.5. The van der Waals surface area contributed by atoms with Gasteiger partial charge < -0.3 is 93.9 Å². The zero-order chi connectivity index (χ0) is 78.2. The number of rotatable bonds is 0. The highest BCUT2D eigenvalue weighted by atomic mass is 15.4.